The van der Waals surface area contributed by atoms with E-state index in [-0.39, 0.29) is 11.7 Å². The van der Waals surface area contributed by atoms with Crippen LogP contribution in [0, 0.1) is 6.92 Å². The summed E-state index contributed by atoms with van der Waals surface area (Å²) in [5, 5.41) is 2.82. The number of nitrogens with two attached hydrogens (primary N) is 2. The molecule has 5 nitrogen and oxygen atoms in total. The van der Waals surface area contributed by atoms with Gasteiger partial charge in [-0.1, -0.05) is 29.8 Å². The van der Waals surface area contributed by atoms with Gasteiger partial charge in [-0.25, -0.2) is 4.98 Å². The summed E-state index contributed by atoms with van der Waals surface area (Å²) in [6.07, 6.45) is 0.772. The molecule has 104 valence electrons. The summed E-state index contributed by atoms with van der Waals surface area (Å²) in [4.78, 5) is 15.8. The van der Waals surface area contributed by atoms with Crippen molar-refractivity contribution < 1.29 is 4.79 Å². The van der Waals surface area contributed by atoms with E-state index >= 15 is 0 Å². The minimum absolute atomic E-state index is 0.151. The second kappa shape index (κ2) is 6.06. The van der Waals surface area contributed by atoms with Gasteiger partial charge in [-0.15, -0.1) is 0 Å². The normalized spacial score (nSPS) is 10.2. The molecule has 0 saturated carbocycles. The molecule has 0 radical (unpaired) electrons. The van der Waals surface area contributed by atoms with Gasteiger partial charge in [-0.05, 0) is 31.0 Å². The predicted octanol–water partition coefficient (Wildman–Crippen LogP) is 1.53. The molecule has 1 aromatic heterocycles. The molecule has 0 bridgehead atoms. The minimum Gasteiger partial charge on any atom is -0.384 e. The number of hydrogen-bond donors (Lipinski definition) is 3. The monoisotopic (exact) mass is 270 g/mol. The highest BCUT2D eigenvalue weighted by Crippen LogP contribution is 2.10. The number of anilines is 2. The molecule has 5 N–H and O–H groups in total. The lowest BCUT2D eigenvalue weighted by atomic mass is 10.1. The molecule has 0 aliphatic carbocycles. The van der Waals surface area contributed by atoms with Gasteiger partial charge in [0.25, 0.3) is 5.91 Å². The number of carbonyl (C=O) groups is 1. The molecule has 0 atom stereocenters. The average Bonchev–Trinajstić information content (AvgIpc) is 2.41. The van der Waals surface area contributed by atoms with Crippen molar-refractivity contribution in [2.75, 3.05) is 18.0 Å². The third-order valence-electron chi connectivity index (χ3n) is 3.01. The number of pyridine rings is 1. The number of rotatable bonds is 4. The van der Waals surface area contributed by atoms with Gasteiger partial charge in [0.2, 0.25) is 0 Å². The fourth-order valence-electron chi connectivity index (χ4n) is 1.85. The topological polar surface area (TPSA) is 94.0 Å². The van der Waals surface area contributed by atoms with Crippen LogP contribution in [0.1, 0.15) is 21.5 Å². The number of nitrogen functional groups attached to an aromatic ring is 2. The molecular formula is C15H18N4O. The molecule has 2 aromatic rings. The van der Waals surface area contributed by atoms with Gasteiger partial charge in [0.1, 0.15) is 11.6 Å². The van der Waals surface area contributed by atoms with Crippen molar-refractivity contribution in [2.24, 2.45) is 0 Å². The summed E-state index contributed by atoms with van der Waals surface area (Å²) in [6, 6.07) is 11.4. The van der Waals surface area contributed by atoms with E-state index in [0.717, 1.165) is 6.42 Å². The number of nitrogens with zero attached hydrogens (tertiary/aromatic N) is 1. The largest absolute Gasteiger partial charge is 0.384 e. The molecule has 0 spiro atoms. The van der Waals surface area contributed by atoms with Crippen molar-refractivity contribution in [1.82, 2.24) is 10.3 Å². The van der Waals surface area contributed by atoms with Crippen LogP contribution in [0.4, 0.5) is 11.6 Å². The lowest BCUT2D eigenvalue weighted by Gasteiger charge is -2.07. The maximum Gasteiger partial charge on any atom is 0.255 e. The van der Waals surface area contributed by atoms with Crippen molar-refractivity contribution in [1.29, 1.82) is 0 Å². The average molecular weight is 270 g/mol. The summed E-state index contributed by atoms with van der Waals surface area (Å²) in [5.74, 6) is 0.221. The summed E-state index contributed by atoms with van der Waals surface area (Å²) >= 11 is 0. The number of carbonyl (C=O) groups excluding carboxylic acids is 1. The van der Waals surface area contributed by atoms with Gasteiger partial charge in [0.05, 0.1) is 5.56 Å². The first-order valence-electron chi connectivity index (χ1n) is 6.42. The zero-order valence-corrected chi connectivity index (χ0v) is 11.4. The van der Waals surface area contributed by atoms with Gasteiger partial charge in [-0.3, -0.25) is 4.79 Å². The van der Waals surface area contributed by atoms with E-state index in [0.29, 0.717) is 17.9 Å². The Labute approximate surface area is 118 Å². The summed E-state index contributed by atoms with van der Waals surface area (Å²) in [6.45, 7) is 2.59. The van der Waals surface area contributed by atoms with E-state index in [1.165, 1.54) is 11.1 Å². The highest BCUT2D eigenvalue weighted by molar-refractivity contribution is 5.98. The number of aromatic nitrogens is 1. The van der Waals surface area contributed by atoms with Crippen LogP contribution in [0.25, 0.3) is 0 Å². The molecule has 20 heavy (non-hydrogen) atoms. The van der Waals surface area contributed by atoms with E-state index in [4.69, 9.17) is 11.5 Å². The van der Waals surface area contributed by atoms with Gasteiger partial charge in [-0.2, -0.15) is 0 Å². The third-order valence-corrected chi connectivity index (χ3v) is 3.01. The maximum absolute atomic E-state index is 11.9. The van der Waals surface area contributed by atoms with Crippen LogP contribution in [-0.2, 0) is 6.42 Å². The van der Waals surface area contributed by atoms with Crippen molar-refractivity contribution >= 4 is 17.5 Å². The van der Waals surface area contributed by atoms with Crippen LogP contribution in [0.3, 0.4) is 0 Å². The molecule has 0 aliphatic rings. The second-order valence-electron chi connectivity index (χ2n) is 4.66. The molecule has 1 aromatic carbocycles. The first kappa shape index (κ1) is 13.9. The zero-order valence-electron chi connectivity index (χ0n) is 11.4. The quantitative estimate of drug-likeness (QED) is 0.785. The van der Waals surface area contributed by atoms with E-state index in [9.17, 15) is 4.79 Å². The number of aryl methyl sites for hydroxylation is 1. The van der Waals surface area contributed by atoms with Crippen molar-refractivity contribution in [3.8, 4) is 0 Å². The van der Waals surface area contributed by atoms with Crippen LogP contribution in [0.5, 0.6) is 0 Å². The Morgan fingerprint density at radius 1 is 1.15 bits per heavy atom. The SMILES string of the molecule is Cc1ccc(CCNC(=O)c2ccc(N)nc2N)cc1. The molecular weight excluding hydrogens is 252 g/mol. The Morgan fingerprint density at radius 2 is 1.85 bits per heavy atom. The first-order chi connectivity index (χ1) is 9.56. The highest BCUT2D eigenvalue weighted by Gasteiger charge is 2.10. The van der Waals surface area contributed by atoms with E-state index in [1.807, 2.05) is 6.92 Å². The summed E-state index contributed by atoms with van der Waals surface area (Å²) in [7, 11) is 0. The molecule has 1 heterocycles. The van der Waals surface area contributed by atoms with Crippen molar-refractivity contribution in [3.63, 3.8) is 0 Å². The number of benzene rings is 1. The fraction of sp³-hybridized carbons (Fsp3) is 0.200. The van der Waals surface area contributed by atoms with E-state index < -0.39 is 0 Å². The number of amides is 1. The highest BCUT2D eigenvalue weighted by atomic mass is 16.1. The van der Waals surface area contributed by atoms with Gasteiger partial charge >= 0.3 is 0 Å². The Bertz CT molecular complexity index is 608. The molecule has 0 unspecified atom stereocenters. The van der Waals surface area contributed by atoms with Crippen LogP contribution in [-0.4, -0.2) is 17.4 Å². The third kappa shape index (κ3) is 3.47. The lowest BCUT2D eigenvalue weighted by molar-refractivity contribution is 0.0955. The van der Waals surface area contributed by atoms with Crippen LogP contribution >= 0.6 is 0 Å². The molecule has 0 fully saturated rings. The molecule has 1 amide bonds. The van der Waals surface area contributed by atoms with Gasteiger partial charge in [0, 0.05) is 6.54 Å². The van der Waals surface area contributed by atoms with E-state index in [1.54, 1.807) is 12.1 Å². The maximum atomic E-state index is 11.9. The smallest absolute Gasteiger partial charge is 0.255 e. The molecule has 0 saturated heterocycles. The lowest BCUT2D eigenvalue weighted by Crippen LogP contribution is -2.26. The fourth-order valence-corrected chi connectivity index (χ4v) is 1.85. The van der Waals surface area contributed by atoms with Crippen molar-refractivity contribution in [2.45, 2.75) is 13.3 Å². The number of hydrogen-bond acceptors (Lipinski definition) is 4. The van der Waals surface area contributed by atoms with Crippen molar-refractivity contribution in [3.05, 3.63) is 53.1 Å². The number of nitrogens with one attached hydrogen (secondary N) is 1. The van der Waals surface area contributed by atoms with Crippen LogP contribution in [0.15, 0.2) is 36.4 Å². The second-order valence-corrected chi connectivity index (χ2v) is 4.66. The zero-order chi connectivity index (χ0) is 14.5. The molecule has 5 heteroatoms. The van der Waals surface area contributed by atoms with Crippen LogP contribution < -0.4 is 16.8 Å². The first-order valence-corrected chi connectivity index (χ1v) is 6.42. The minimum atomic E-state index is -0.234. The predicted molar refractivity (Wildman–Crippen MR) is 80.3 cm³/mol. The molecule has 2 rings (SSSR count). The Morgan fingerprint density at radius 3 is 2.50 bits per heavy atom. The van der Waals surface area contributed by atoms with Crippen LogP contribution in [0.2, 0.25) is 0 Å². The summed E-state index contributed by atoms with van der Waals surface area (Å²) in [5.41, 5.74) is 13.9. The van der Waals surface area contributed by atoms with Gasteiger partial charge < -0.3 is 16.8 Å². The summed E-state index contributed by atoms with van der Waals surface area (Å²) < 4.78 is 0. The van der Waals surface area contributed by atoms with Gasteiger partial charge in [0.15, 0.2) is 0 Å². The molecule has 0 aliphatic heterocycles. The van der Waals surface area contributed by atoms with E-state index in [2.05, 4.69) is 34.6 Å². The standard InChI is InChI=1S/C15H18N4O/c1-10-2-4-11(5-3-10)8-9-18-15(20)12-6-7-13(16)19-14(12)17/h2-7H,8-9H2,1H3,(H,18,20)(H4,16,17,19). The Hall–Kier alpha value is -2.56. The Kier molecular flexibility index (Phi) is 4.20. The Balaban J connectivity index is 1.90.